The molecule has 9 nitrogen and oxygen atoms in total. The Hall–Kier alpha value is -4.25. The molecular formula is C31H31FN2O7. The van der Waals surface area contributed by atoms with Crippen LogP contribution in [0.4, 0.5) is 4.39 Å². The first-order valence-electron chi connectivity index (χ1n) is 13.1. The number of hydrogen-bond donors (Lipinski definition) is 2. The molecule has 0 unspecified atom stereocenters. The van der Waals surface area contributed by atoms with Crippen LogP contribution in [-0.2, 0) is 15.1 Å². The molecule has 5 rings (SSSR count). The number of alkyl halides is 1. The Morgan fingerprint density at radius 3 is 1.98 bits per heavy atom. The average molecular weight is 563 g/mol. The largest absolute Gasteiger partial charge is 0.497 e. The second-order valence-corrected chi connectivity index (χ2v) is 9.79. The Balaban J connectivity index is 1.56. The third-order valence-corrected chi connectivity index (χ3v) is 7.35. The van der Waals surface area contributed by atoms with Gasteiger partial charge in [-0.3, -0.25) is 14.3 Å². The summed E-state index contributed by atoms with van der Waals surface area (Å²) >= 11 is 0. The van der Waals surface area contributed by atoms with Crippen LogP contribution in [0.3, 0.4) is 0 Å². The number of H-pyrrole nitrogens is 1. The maximum atomic E-state index is 15.4. The normalized spacial score (nSPS) is 20.6. The average Bonchev–Trinajstić information content (AvgIpc) is 3.29. The van der Waals surface area contributed by atoms with Crippen molar-refractivity contribution in [2.24, 2.45) is 0 Å². The first-order chi connectivity index (χ1) is 19.8. The summed E-state index contributed by atoms with van der Waals surface area (Å²) in [5.74, 6) is 1.31. The third-order valence-electron chi connectivity index (χ3n) is 7.35. The minimum atomic E-state index is -1.94. The molecule has 1 aliphatic rings. The molecule has 3 aromatic carbocycles. The summed E-state index contributed by atoms with van der Waals surface area (Å²) in [6, 6.07) is 24.3. The van der Waals surface area contributed by atoms with Crippen molar-refractivity contribution in [2.75, 3.05) is 20.8 Å². The number of ether oxygens (including phenoxy) is 4. The standard InChI is InChI=1S/C31H31FN2O7/c1-19-17-34(30(37)33-28(19)36)29-26(32)27(35)25(41-29)18-40-31(20-7-5-4-6-8-20,21-9-13-23(38-2)14-10-21)22-11-15-24(39-3)16-12-22/h4-17,25-27,29,35H,18H2,1-3H3,(H,33,36,37)/t25-,26-,27-,29-/m1/s1. The summed E-state index contributed by atoms with van der Waals surface area (Å²) in [6.45, 7) is 1.26. The van der Waals surface area contributed by atoms with E-state index >= 15 is 4.39 Å². The topological polar surface area (TPSA) is 112 Å². The predicted octanol–water partition coefficient (Wildman–Crippen LogP) is 3.47. The molecule has 214 valence electrons. The number of nitrogens with zero attached hydrogens (tertiary/aromatic N) is 1. The zero-order chi connectivity index (χ0) is 29.1. The molecule has 10 heteroatoms. The molecule has 0 radical (unpaired) electrons. The zero-order valence-corrected chi connectivity index (χ0v) is 22.8. The monoisotopic (exact) mass is 562 g/mol. The highest BCUT2D eigenvalue weighted by molar-refractivity contribution is 5.49. The molecule has 4 atom stereocenters. The number of aryl methyl sites for hydroxylation is 1. The second kappa shape index (κ2) is 11.7. The second-order valence-electron chi connectivity index (χ2n) is 9.79. The Kier molecular flexibility index (Phi) is 8.07. The molecule has 1 aromatic heterocycles. The molecular weight excluding hydrogens is 531 g/mol. The molecule has 0 spiro atoms. The molecule has 0 aliphatic carbocycles. The van der Waals surface area contributed by atoms with Crippen LogP contribution in [-0.4, -0.2) is 53.9 Å². The van der Waals surface area contributed by atoms with Gasteiger partial charge in [-0.15, -0.1) is 0 Å². The van der Waals surface area contributed by atoms with Gasteiger partial charge in [0.2, 0.25) is 0 Å². The van der Waals surface area contributed by atoms with Crippen molar-refractivity contribution < 1.29 is 28.4 Å². The Morgan fingerprint density at radius 1 is 0.902 bits per heavy atom. The molecule has 0 saturated carbocycles. The van der Waals surface area contributed by atoms with E-state index in [9.17, 15) is 14.7 Å². The van der Waals surface area contributed by atoms with Gasteiger partial charge in [0.15, 0.2) is 12.4 Å². The lowest BCUT2D eigenvalue weighted by atomic mass is 9.80. The lowest BCUT2D eigenvalue weighted by molar-refractivity contribution is -0.0950. The molecule has 1 fully saturated rings. The summed E-state index contributed by atoms with van der Waals surface area (Å²) in [5.41, 5.74) is -0.131. The van der Waals surface area contributed by atoms with Crippen molar-refractivity contribution in [1.29, 1.82) is 0 Å². The van der Waals surface area contributed by atoms with E-state index in [2.05, 4.69) is 4.98 Å². The maximum absolute atomic E-state index is 15.4. The van der Waals surface area contributed by atoms with E-state index in [1.807, 2.05) is 78.9 Å². The first-order valence-corrected chi connectivity index (χ1v) is 13.1. The van der Waals surface area contributed by atoms with Crippen LogP contribution in [0.15, 0.2) is 94.6 Å². The molecule has 1 aliphatic heterocycles. The van der Waals surface area contributed by atoms with E-state index in [1.165, 1.54) is 13.1 Å². The van der Waals surface area contributed by atoms with E-state index in [0.29, 0.717) is 11.5 Å². The van der Waals surface area contributed by atoms with Crippen molar-refractivity contribution >= 4 is 0 Å². The summed E-state index contributed by atoms with van der Waals surface area (Å²) in [4.78, 5) is 26.4. The zero-order valence-electron chi connectivity index (χ0n) is 22.8. The van der Waals surface area contributed by atoms with Gasteiger partial charge in [0.25, 0.3) is 5.56 Å². The van der Waals surface area contributed by atoms with Gasteiger partial charge >= 0.3 is 5.69 Å². The Labute approximate surface area is 235 Å². The smallest absolute Gasteiger partial charge is 0.330 e. The van der Waals surface area contributed by atoms with Gasteiger partial charge in [0.1, 0.15) is 29.3 Å². The minimum absolute atomic E-state index is 0.205. The summed E-state index contributed by atoms with van der Waals surface area (Å²) < 4.78 is 39.6. The van der Waals surface area contributed by atoms with Gasteiger partial charge < -0.3 is 24.1 Å². The van der Waals surface area contributed by atoms with E-state index in [4.69, 9.17) is 18.9 Å². The molecule has 41 heavy (non-hydrogen) atoms. The van der Waals surface area contributed by atoms with Crippen LogP contribution in [0, 0.1) is 6.92 Å². The van der Waals surface area contributed by atoms with E-state index in [0.717, 1.165) is 21.3 Å². The summed E-state index contributed by atoms with van der Waals surface area (Å²) in [7, 11) is 3.16. The van der Waals surface area contributed by atoms with Gasteiger partial charge in [-0.1, -0.05) is 54.6 Å². The van der Waals surface area contributed by atoms with Crippen molar-refractivity contribution in [2.45, 2.75) is 37.1 Å². The Bertz CT molecular complexity index is 1540. The van der Waals surface area contributed by atoms with Crippen molar-refractivity contribution in [3.05, 3.63) is 128 Å². The fourth-order valence-electron chi connectivity index (χ4n) is 5.12. The molecule has 1 saturated heterocycles. The Morgan fingerprint density at radius 2 is 1.44 bits per heavy atom. The van der Waals surface area contributed by atoms with Gasteiger partial charge in [-0.2, -0.15) is 0 Å². The van der Waals surface area contributed by atoms with Crippen molar-refractivity contribution in [3.63, 3.8) is 0 Å². The van der Waals surface area contributed by atoms with Gasteiger partial charge in [-0.25, -0.2) is 9.18 Å². The number of rotatable bonds is 9. The quantitative estimate of drug-likeness (QED) is 0.301. The van der Waals surface area contributed by atoms with E-state index in [1.54, 1.807) is 14.2 Å². The van der Waals surface area contributed by atoms with E-state index in [-0.39, 0.29) is 12.2 Å². The van der Waals surface area contributed by atoms with Gasteiger partial charge in [0, 0.05) is 11.8 Å². The third kappa shape index (κ3) is 5.29. The molecule has 0 amide bonds. The number of halogens is 1. The number of benzene rings is 3. The number of aliphatic hydroxyl groups is 1. The summed E-state index contributed by atoms with van der Waals surface area (Å²) in [6.07, 6.45) is -4.90. The van der Waals surface area contributed by atoms with E-state index < -0.39 is 41.5 Å². The van der Waals surface area contributed by atoms with Crippen LogP contribution in [0.2, 0.25) is 0 Å². The van der Waals surface area contributed by atoms with Crippen LogP contribution >= 0.6 is 0 Å². The summed E-state index contributed by atoms with van der Waals surface area (Å²) in [5, 5.41) is 10.8. The molecule has 2 heterocycles. The molecule has 2 N–H and O–H groups in total. The van der Waals surface area contributed by atoms with Crippen molar-refractivity contribution in [3.8, 4) is 11.5 Å². The fourth-order valence-corrected chi connectivity index (χ4v) is 5.12. The van der Waals surface area contributed by atoms with Crippen LogP contribution in [0.5, 0.6) is 11.5 Å². The fraction of sp³-hybridized carbons (Fsp3) is 0.290. The number of aromatic amines is 1. The highest BCUT2D eigenvalue weighted by Crippen LogP contribution is 2.43. The number of hydrogen-bond acceptors (Lipinski definition) is 7. The first kappa shape index (κ1) is 28.3. The van der Waals surface area contributed by atoms with Gasteiger partial charge in [-0.05, 0) is 47.9 Å². The van der Waals surface area contributed by atoms with Gasteiger partial charge in [0.05, 0.1) is 20.8 Å². The van der Waals surface area contributed by atoms with Crippen LogP contribution in [0.1, 0.15) is 28.5 Å². The molecule has 0 bridgehead atoms. The minimum Gasteiger partial charge on any atom is -0.497 e. The van der Waals surface area contributed by atoms with Crippen LogP contribution < -0.4 is 20.7 Å². The predicted molar refractivity (Wildman–Crippen MR) is 149 cm³/mol. The number of nitrogens with one attached hydrogen (secondary N) is 1. The lowest BCUT2D eigenvalue weighted by Crippen LogP contribution is -2.39. The highest BCUT2D eigenvalue weighted by atomic mass is 19.1. The lowest BCUT2D eigenvalue weighted by Gasteiger charge is -2.37. The maximum Gasteiger partial charge on any atom is 0.330 e. The van der Waals surface area contributed by atoms with Crippen LogP contribution in [0.25, 0.3) is 0 Å². The number of aromatic nitrogens is 2. The molecule has 4 aromatic rings. The highest BCUT2D eigenvalue weighted by Gasteiger charge is 2.47. The number of aliphatic hydroxyl groups excluding tert-OH is 1. The SMILES string of the molecule is COc1ccc(C(OC[C@H]2O[C@@H](n3cc(C)c(=O)[nH]c3=O)[C@H](F)[C@@H]2O)(c2ccccc2)c2ccc(OC)cc2)cc1. The number of methoxy groups -OCH3 is 2. The van der Waals surface area contributed by atoms with Crippen molar-refractivity contribution in [1.82, 2.24) is 9.55 Å².